The maximum absolute atomic E-state index is 11.4. The van der Waals surface area contributed by atoms with Crippen molar-refractivity contribution in [2.24, 2.45) is 0 Å². The van der Waals surface area contributed by atoms with Gasteiger partial charge in [-0.25, -0.2) is 0 Å². The van der Waals surface area contributed by atoms with Crippen molar-refractivity contribution in [1.29, 1.82) is 0 Å². The van der Waals surface area contributed by atoms with Crippen LogP contribution in [0, 0.1) is 0 Å². The van der Waals surface area contributed by atoms with Crippen LogP contribution >= 0.6 is 11.3 Å². The van der Waals surface area contributed by atoms with Crippen molar-refractivity contribution in [3.05, 3.63) is 22.4 Å². The van der Waals surface area contributed by atoms with E-state index >= 15 is 0 Å². The second-order valence-corrected chi connectivity index (χ2v) is 5.68. The van der Waals surface area contributed by atoms with E-state index in [-0.39, 0.29) is 0 Å². The summed E-state index contributed by atoms with van der Waals surface area (Å²) in [4.78, 5) is 13.5. The van der Waals surface area contributed by atoms with Crippen LogP contribution in [0.3, 0.4) is 0 Å². The van der Waals surface area contributed by atoms with Gasteiger partial charge in [0.2, 0.25) is 0 Å². The molecule has 1 unspecified atom stereocenters. The summed E-state index contributed by atoms with van der Waals surface area (Å²) in [5.74, 6) is -0.678. The van der Waals surface area contributed by atoms with Gasteiger partial charge in [-0.1, -0.05) is 0 Å². The van der Waals surface area contributed by atoms with Crippen molar-refractivity contribution < 1.29 is 9.90 Å². The standard InChI is InChI=1S/C13H19NO2S/c1-13(12(15)16)6-2-3-7-14(13)8-4-11-5-9-17-10-11/h5,9-10H,2-4,6-8H2,1H3,(H,15,16). The van der Waals surface area contributed by atoms with Crippen molar-refractivity contribution in [3.8, 4) is 0 Å². The van der Waals surface area contributed by atoms with Gasteiger partial charge in [-0.2, -0.15) is 11.3 Å². The minimum atomic E-state index is -0.678. The zero-order valence-electron chi connectivity index (χ0n) is 10.2. The van der Waals surface area contributed by atoms with E-state index in [1.54, 1.807) is 11.3 Å². The quantitative estimate of drug-likeness (QED) is 0.896. The number of thiophene rings is 1. The van der Waals surface area contributed by atoms with Crippen LogP contribution in [0.5, 0.6) is 0 Å². The smallest absolute Gasteiger partial charge is 0.323 e. The van der Waals surface area contributed by atoms with E-state index in [9.17, 15) is 9.90 Å². The van der Waals surface area contributed by atoms with Crippen molar-refractivity contribution >= 4 is 17.3 Å². The molecule has 0 saturated carbocycles. The average Bonchev–Trinajstić information content (AvgIpc) is 2.81. The number of piperidine rings is 1. The SMILES string of the molecule is CC1(C(=O)O)CCCCN1CCc1ccsc1. The number of likely N-dealkylation sites (tertiary alicyclic amines) is 1. The molecule has 1 N–H and O–H groups in total. The fourth-order valence-corrected chi connectivity index (χ4v) is 3.18. The van der Waals surface area contributed by atoms with Gasteiger partial charge >= 0.3 is 5.97 Å². The first-order valence-corrected chi connectivity index (χ1v) is 7.07. The van der Waals surface area contributed by atoms with E-state index in [1.165, 1.54) is 5.56 Å². The fourth-order valence-electron chi connectivity index (χ4n) is 2.48. The highest BCUT2D eigenvalue weighted by Gasteiger charge is 2.40. The molecule has 0 radical (unpaired) electrons. The van der Waals surface area contributed by atoms with Gasteiger partial charge in [-0.15, -0.1) is 0 Å². The van der Waals surface area contributed by atoms with Crippen LogP contribution in [-0.2, 0) is 11.2 Å². The Morgan fingerprint density at radius 3 is 3.06 bits per heavy atom. The lowest BCUT2D eigenvalue weighted by atomic mass is 9.88. The molecular weight excluding hydrogens is 234 g/mol. The molecule has 1 aromatic heterocycles. The van der Waals surface area contributed by atoms with Gasteiger partial charge in [0.05, 0.1) is 0 Å². The molecule has 3 nitrogen and oxygen atoms in total. The Hall–Kier alpha value is -0.870. The maximum atomic E-state index is 11.4. The third kappa shape index (κ3) is 2.69. The Morgan fingerprint density at radius 2 is 2.41 bits per heavy atom. The van der Waals surface area contributed by atoms with E-state index in [1.807, 2.05) is 6.92 Å². The van der Waals surface area contributed by atoms with Crippen molar-refractivity contribution in [2.45, 2.75) is 38.1 Å². The summed E-state index contributed by atoms with van der Waals surface area (Å²) < 4.78 is 0. The summed E-state index contributed by atoms with van der Waals surface area (Å²) in [6, 6.07) is 2.12. The summed E-state index contributed by atoms with van der Waals surface area (Å²) >= 11 is 1.70. The highest BCUT2D eigenvalue weighted by atomic mass is 32.1. The molecule has 2 rings (SSSR count). The summed E-state index contributed by atoms with van der Waals surface area (Å²) in [5, 5.41) is 13.6. The Labute approximate surface area is 106 Å². The molecule has 0 aliphatic carbocycles. The Balaban J connectivity index is 1.99. The van der Waals surface area contributed by atoms with Crippen molar-refractivity contribution in [3.63, 3.8) is 0 Å². The molecule has 2 heterocycles. The Bertz CT molecular complexity index is 377. The molecule has 4 heteroatoms. The summed E-state index contributed by atoms with van der Waals surface area (Å²) in [7, 11) is 0. The summed E-state index contributed by atoms with van der Waals surface area (Å²) in [6.45, 7) is 3.62. The second-order valence-electron chi connectivity index (χ2n) is 4.90. The molecule has 0 aromatic carbocycles. The molecule has 1 atom stereocenters. The van der Waals surface area contributed by atoms with Crippen molar-refractivity contribution in [1.82, 2.24) is 4.90 Å². The van der Waals surface area contributed by atoms with Crippen LogP contribution in [0.15, 0.2) is 16.8 Å². The van der Waals surface area contributed by atoms with Gasteiger partial charge in [0, 0.05) is 6.54 Å². The molecule has 0 amide bonds. The molecule has 1 aliphatic heterocycles. The van der Waals surface area contributed by atoms with E-state index < -0.39 is 11.5 Å². The van der Waals surface area contributed by atoms with Crippen LogP contribution < -0.4 is 0 Å². The summed E-state index contributed by atoms with van der Waals surface area (Å²) in [5.41, 5.74) is 0.655. The molecular formula is C13H19NO2S. The predicted molar refractivity (Wildman–Crippen MR) is 69.5 cm³/mol. The minimum absolute atomic E-state index is 0.658. The lowest BCUT2D eigenvalue weighted by Gasteiger charge is -2.41. The monoisotopic (exact) mass is 253 g/mol. The van der Waals surface area contributed by atoms with Crippen LogP contribution in [0.1, 0.15) is 31.7 Å². The maximum Gasteiger partial charge on any atom is 0.323 e. The van der Waals surface area contributed by atoms with Gasteiger partial charge in [-0.3, -0.25) is 9.69 Å². The molecule has 1 fully saturated rings. The first-order chi connectivity index (χ1) is 8.13. The van der Waals surface area contributed by atoms with Gasteiger partial charge < -0.3 is 5.11 Å². The fraction of sp³-hybridized carbons (Fsp3) is 0.615. The van der Waals surface area contributed by atoms with Gasteiger partial charge in [0.25, 0.3) is 0 Å². The van der Waals surface area contributed by atoms with E-state index in [0.29, 0.717) is 0 Å². The Morgan fingerprint density at radius 1 is 1.59 bits per heavy atom. The van der Waals surface area contributed by atoms with E-state index in [2.05, 4.69) is 21.7 Å². The van der Waals surface area contributed by atoms with Crippen molar-refractivity contribution in [2.75, 3.05) is 13.1 Å². The highest BCUT2D eigenvalue weighted by molar-refractivity contribution is 7.07. The third-order valence-corrected chi connectivity index (χ3v) is 4.48. The third-order valence-electron chi connectivity index (χ3n) is 3.75. The molecule has 0 bridgehead atoms. The lowest BCUT2D eigenvalue weighted by molar-refractivity contribution is -0.152. The number of aliphatic carboxylic acids is 1. The number of carboxylic acids is 1. The number of hydrogen-bond donors (Lipinski definition) is 1. The highest BCUT2D eigenvalue weighted by Crippen LogP contribution is 2.28. The van der Waals surface area contributed by atoms with E-state index in [4.69, 9.17) is 0 Å². The average molecular weight is 253 g/mol. The molecule has 17 heavy (non-hydrogen) atoms. The number of carboxylic acid groups (broad SMARTS) is 1. The van der Waals surface area contributed by atoms with Gasteiger partial charge in [0.15, 0.2) is 0 Å². The molecule has 0 spiro atoms. The first-order valence-electron chi connectivity index (χ1n) is 6.12. The number of carbonyl (C=O) groups is 1. The topological polar surface area (TPSA) is 40.5 Å². The van der Waals surface area contributed by atoms with E-state index in [0.717, 1.165) is 38.8 Å². The zero-order valence-corrected chi connectivity index (χ0v) is 11.0. The molecule has 1 aromatic rings. The largest absolute Gasteiger partial charge is 0.480 e. The van der Waals surface area contributed by atoms with Gasteiger partial charge in [0.1, 0.15) is 5.54 Å². The zero-order chi connectivity index (χ0) is 12.3. The normalized spacial score (nSPS) is 25.9. The number of nitrogens with zero attached hydrogens (tertiary/aromatic N) is 1. The Kier molecular flexibility index (Phi) is 3.84. The molecule has 1 aliphatic rings. The van der Waals surface area contributed by atoms with Crippen LogP contribution in [0.25, 0.3) is 0 Å². The summed E-state index contributed by atoms with van der Waals surface area (Å²) in [6.07, 6.45) is 3.86. The van der Waals surface area contributed by atoms with Gasteiger partial charge in [-0.05, 0) is 61.5 Å². The van der Waals surface area contributed by atoms with Crippen LogP contribution in [0.2, 0.25) is 0 Å². The lowest BCUT2D eigenvalue weighted by Crippen LogP contribution is -2.55. The minimum Gasteiger partial charge on any atom is -0.480 e. The number of hydrogen-bond acceptors (Lipinski definition) is 3. The molecule has 1 saturated heterocycles. The second kappa shape index (κ2) is 5.19. The molecule has 94 valence electrons. The van der Waals surface area contributed by atoms with Crippen LogP contribution in [0.4, 0.5) is 0 Å². The number of rotatable bonds is 4. The predicted octanol–water partition coefficient (Wildman–Crippen LogP) is 2.62. The van der Waals surface area contributed by atoms with Crippen LogP contribution in [-0.4, -0.2) is 34.6 Å². The first kappa shape index (κ1) is 12.6.